The first-order chi connectivity index (χ1) is 9.24. The maximum Gasteiger partial charge on any atom is 0.240 e. The average Bonchev–Trinajstić information content (AvgIpc) is 2.78. The molecule has 4 heteroatoms. The summed E-state index contributed by atoms with van der Waals surface area (Å²) in [6, 6.07) is 7.90. The Morgan fingerprint density at radius 3 is 2.74 bits per heavy atom. The van der Waals surface area contributed by atoms with Gasteiger partial charge in [-0.2, -0.15) is 0 Å². The normalized spacial score (nSPS) is 18.9. The molecule has 1 fully saturated rings. The van der Waals surface area contributed by atoms with Gasteiger partial charge in [-0.15, -0.1) is 0 Å². The molecule has 0 saturated carbocycles. The molecule has 1 unspecified atom stereocenters. The highest BCUT2D eigenvalue weighted by Crippen LogP contribution is 2.17. The highest BCUT2D eigenvalue weighted by atomic mass is 16.5. The van der Waals surface area contributed by atoms with Gasteiger partial charge in [0.25, 0.3) is 0 Å². The van der Waals surface area contributed by atoms with Crippen LogP contribution in [0.4, 0.5) is 0 Å². The smallest absolute Gasteiger partial charge is 0.240 e. The molecule has 1 saturated heterocycles. The zero-order valence-corrected chi connectivity index (χ0v) is 11.7. The van der Waals surface area contributed by atoms with Crippen molar-refractivity contribution in [1.82, 2.24) is 10.2 Å². The number of hydrogen-bond acceptors (Lipinski definition) is 3. The minimum absolute atomic E-state index is 0.0122. The van der Waals surface area contributed by atoms with Crippen molar-refractivity contribution in [3.63, 3.8) is 0 Å². The molecule has 19 heavy (non-hydrogen) atoms. The van der Waals surface area contributed by atoms with E-state index in [0.29, 0.717) is 6.54 Å². The molecule has 0 aromatic heterocycles. The van der Waals surface area contributed by atoms with E-state index in [-0.39, 0.29) is 11.9 Å². The van der Waals surface area contributed by atoms with Crippen molar-refractivity contribution in [2.45, 2.75) is 32.4 Å². The van der Waals surface area contributed by atoms with E-state index >= 15 is 0 Å². The van der Waals surface area contributed by atoms with Crippen molar-refractivity contribution < 1.29 is 9.53 Å². The Labute approximate surface area is 114 Å². The maximum atomic E-state index is 12.2. The minimum atomic E-state index is 0.0122. The highest BCUT2D eigenvalue weighted by Gasteiger charge is 2.30. The molecule has 2 rings (SSSR count). The maximum absolute atomic E-state index is 12.2. The van der Waals surface area contributed by atoms with E-state index in [1.807, 2.05) is 29.2 Å². The molecule has 1 aromatic carbocycles. The molecule has 1 aromatic rings. The summed E-state index contributed by atoms with van der Waals surface area (Å²) in [7, 11) is 1.66. The quantitative estimate of drug-likeness (QED) is 0.850. The molecule has 0 radical (unpaired) electrons. The second-order valence-corrected chi connectivity index (χ2v) is 4.90. The molecule has 1 heterocycles. The van der Waals surface area contributed by atoms with E-state index in [1.165, 1.54) is 0 Å². The molecular formula is C15H22N2O2. The van der Waals surface area contributed by atoms with E-state index in [9.17, 15) is 4.79 Å². The van der Waals surface area contributed by atoms with Gasteiger partial charge in [-0.25, -0.2) is 0 Å². The molecule has 1 N–H and O–H groups in total. The van der Waals surface area contributed by atoms with Crippen molar-refractivity contribution in [1.29, 1.82) is 0 Å². The first-order valence-corrected chi connectivity index (χ1v) is 6.89. The van der Waals surface area contributed by atoms with Gasteiger partial charge >= 0.3 is 0 Å². The van der Waals surface area contributed by atoms with Gasteiger partial charge in [0.2, 0.25) is 5.91 Å². The van der Waals surface area contributed by atoms with Crippen molar-refractivity contribution >= 4 is 5.91 Å². The molecule has 1 atom stereocenters. The Hall–Kier alpha value is -1.55. The number of benzene rings is 1. The largest absolute Gasteiger partial charge is 0.497 e. The van der Waals surface area contributed by atoms with Crippen molar-refractivity contribution in [2.75, 3.05) is 20.2 Å². The number of nitrogens with one attached hydrogen (secondary N) is 1. The summed E-state index contributed by atoms with van der Waals surface area (Å²) in [5.74, 6) is 1.07. The van der Waals surface area contributed by atoms with Crippen LogP contribution in [0, 0.1) is 0 Å². The van der Waals surface area contributed by atoms with Crippen LogP contribution in [0.25, 0.3) is 0 Å². The summed E-state index contributed by atoms with van der Waals surface area (Å²) >= 11 is 0. The fourth-order valence-electron chi connectivity index (χ4n) is 2.36. The van der Waals surface area contributed by atoms with E-state index in [1.54, 1.807) is 7.11 Å². The number of hydrogen-bond donors (Lipinski definition) is 1. The molecule has 1 aliphatic rings. The highest BCUT2D eigenvalue weighted by molar-refractivity contribution is 5.83. The van der Waals surface area contributed by atoms with Gasteiger partial charge in [0, 0.05) is 13.1 Å². The van der Waals surface area contributed by atoms with E-state index in [2.05, 4.69) is 12.2 Å². The lowest BCUT2D eigenvalue weighted by Crippen LogP contribution is -2.38. The third-order valence-electron chi connectivity index (χ3n) is 3.47. The molecule has 1 amide bonds. The van der Waals surface area contributed by atoms with Gasteiger partial charge in [-0.05, 0) is 37.1 Å². The summed E-state index contributed by atoms with van der Waals surface area (Å²) in [5, 5.41) is 3.30. The summed E-state index contributed by atoms with van der Waals surface area (Å²) in [6.45, 7) is 4.55. The Morgan fingerprint density at radius 2 is 2.11 bits per heavy atom. The molecule has 1 aliphatic heterocycles. The van der Waals surface area contributed by atoms with Crippen molar-refractivity contribution in [3.8, 4) is 5.75 Å². The van der Waals surface area contributed by atoms with Crippen molar-refractivity contribution in [3.05, 3.63) is 29.8 Å². The predicted molar refractivity (Wildman–Crippen MR) is 75.1 cm³/mol. The molecule has 104 valence electrons. The minimum Gasteiger partial charge on any atom is -0.497 e. The summed E-state index contributed by atoms with van der Waals surface area (Å²) in [4.78, 5) is 14.1. The van der Waals surface area contributed by atoms with Crippen LogP contribution in [0.1, 0.15) is 25.3 Å². The number of ether oxygens (including phenoxy) is 1. The fraction of sp³-hybridized carbons (Fsp3) is 0.533. The van der Waals surface area contributed by atoms with Gasteiger partial charge in [0.1, 0.15) is 5.75 Å². The van der Waals surface area contributed by atoms with Gasteiger partial charge in [-0.1, -0.05) is 19.1 Å². The Morgan fingerprint density at radius 1 is 1.37 bits per heavy atom. The fourth-order valence-corrected chi connectivity index (χ4v) is 2.36. The molecule has 0 spiro atoms. The number of methoxy groups -OCH3 is 1. The number of carbonyl (C=O) groups is 1. The van der Waals surface area contributed by atoms with E-state index in [4.69, 9.17) is 4.74 Å². The van der Waals surface area contributed by atoms with E-state index < -0.39 is 0 Å². The van der Waals surface area contributed by atoms with Gasteiger partial charge < -0.3 is 15.0 Å². The zero-order valence-electron chi connectivity index (χ0n) is 11.7. The summed E-state index contributed by atoms with van der Waals surface area (Å²) in [6.07, 6.45) is 1.97. The lowest BCUT2D eigenvalue weighted by atomic mass is 10.2. The average molecular weight is 262 g/mol. The Bertz CT molecular complexity index is 417. The molecule has 0 bridgehead atoms. The van der Waals surface area contributed by atoms with Gasteiger partial charge in [-0.3, -0.25) is 4.79 Å². The van der Waals surface area contributed by atoms with Gasteiger partial charge in [0.05, 0.1) is 13.2 Å². The summed E-state index contributed by atoms with van der Waals surface area (Å²) < 4.78 is 5.13. The van der Waals surface area contributed by atoms with Crippen LogP contribution in [0.5, 0.6) is 5.75 Å². The molecule has 4 nitrogen and oxygen atoms in total. The third kappa shape index (κ3) is 3.47. The van der Waals surface area contributed by atoms with Crippen molar-refractivity contribution in [2.24, 2.45) is 0 Å². The third-order valence-corrected chi connectivity index (χ3v) is 3.47. The molecular weight excluding hydrogens is 240 g/mol. The van der Waals surface area contributed by atoms with Crippen LogP contribution in [0.2, 0.25) is 0 Å². The number of carbonyl (C=O) groups excluding carboxylic acids is 1. The number of nitrogens with zero attached hydrogens (tertiary/aromatic N) is 1. The Balaban J connectivity index is 1.90. The number of rotatable bonds is 6. The van der Waals surface area contributed by atoms with Crippen LogP contribution in [-0.4, -0.2) is 37.0 Å². The Kier molecular flexibility index (Phi) is 4.80. The topological polar surface area (TPSA) is 41.6 Å². The first-order valence-electron chi connectivity index (χ1n) is 6.89. The zero-order chi connectivity index (χ0) is 13.7. The lowest BCUT2D eigenvalue weighted by molar-refractivity contribution is -0.129. The van der Waals surface area contributed by atoms with Gasteiger partial charge in [0.15, 0.2) is 0 Å². The van der Waals surface area contributed by atoms with Crippen LogP contribution < -0.4 is 10.1 Å². The summed E-state index contributed by atoms with van der Waals surface area (Å²) in [5.41, 5.74) is 1.14. The molecule has 0 aliphatic carbocycles. The van der Waals surface area contributed by atoms with E-state index in [0.717, 1.165) is 37.2 Å². The van der Waals surface area contributed by atoms with Crippen LogP contribution in [0.3, 0.4) is 0 Å². The predicted octanol–water partition coefficient (Wildman–Crippen LogP) is 1.80. The lowest BCUT2D eigenvalue weighted by Gasteiger charge is -2.17. The standard InChI is InChI=1S/C15H22N2O2/c1-3-9-16-14-8-10-17(15(14)18)11-12-4-6-13(19-2)7-5-12/h4-7,14,16H,3,8-11H2,1-2H3. The number of amides is 1. The first kappa shape index (κ1) is 13.9. The second-order valence-electron chi connectivity index (χ2n) is 4.90. The number of likely N-dealkylation sites (tertiary alicyclic amines) is 1. The van der Waals surface area contributed by atoms with Crippen LogP contribution in [0.15, 0.2) is 24.3 Å². The SMILES string of the molecule is CCCNC1CCN(Cc2ccc(OC)cc2)C1=O. The van der Waals surface area contributed by atoms with Crippen LogP contribution >= 0.6 is 0 Å². The van der Waals surface area contributed by atoms with Crippen LogP contribution in [-0.2, 0) is 11.3 Å². The monoisotopic (exact) mass is 262 g/mol. The second kappa shape index (κ2) is 6.57.